The third-order valence-corrected chi connectivity index (χ3v) is 3.86. The molecule has 0 unspecified atom stereocenters. The summed E-state index contributed by atoms with van der Waals surface area (Å²) in [5, 5.41) is 12.7. The van der Waals surface area contributed by atoms with Gasteiger partial charge in [-0.25, -0.2) is 0 Å². The van der Waals surface area contributed by atoms with Crippen molar-refractivity contribution in [1.29, 1.82) is 5.26 Å². The molecule has 0 spiro atoms. The summed E-state index contributed by atoms with van der Waals surface area (Å²) in [6, 6.07) is 3.42. The molecule has 0 radical (unpaired) electrons. The van der Waals surface area contributed by atoms with Crippen molar-refractivity contribution in [2.24, 2.45) is 0 Å². The van der Waals surface area contributed by atoms with Crippen LogP contribution in [0.2, 0.25) is 0 Å². The Morgan fingerprint density at radius 3 is 2.91 bits per heavy atom. The van der Waals surface area contributed by atoms with Crippen LogP contribution in [0, 0.1) is 25.2 Å². The van der Waals surface area contributed by atoms with Gasteiger partial charge < -0.3 is 14.4 Å². The minimum atomic E-state index is -0.383. The van der Waals surface area contributed by atoms with E-state index in [9.17, 15) is 9.59 Å². The molecule has 3 heterocycles. The quantitative estimate of drug-likeness (QED) is 0.847. The van der Waals surface area contributed by atoms with Crippen molar-refractivity contribution in [3.8, 4) is 6.07 Å². The summed E-state index contributed by atoms with van der Waals surface area (Å²) in [6.07, 6.45) is 0.547. The van der Waals surface area contributed by atoms with Crippen LogP contribution in [0.3, 0.4) is 0 Å². The molecule has 0 atom stereocenters. The monoisotopic (exact) mass is 298 g/mol. The molecule has 0 aromatic carbocycles. The van der Waals surface area contributed by atoms with Gasteiger partial charge in [0.25, 0.3) is 11.5 Å². The van der Waals surface area contributed by atoms with Crippen molar-refractivity contribution in [3.63, 3.8) is 0 Å². The number of carbonyl (C=O) groups excluding carboxylic acids is 1. The normalized spacial score (nSPS) is 13.6. The standard InChI is InChI=1S/C15H14N4O3/c1-8-13(9(2)22-18-8)15(21)19-4-3-12-11(7-19)5-10(6-16)14(20)17-12/h5H,3-4,7H2,1-2H3,(H,17,20). The Morgan fingerprint density at radius 1 is 1.50 bits per heavy atom. The molecule has 1 amide bonds. The van der Waals surface area contributed by atoms with Crippen LogP contribution in [-0.2, 0) is 13.0 Å². The van der Waals surface area contributed by atoms with Crippen LogP contribution in [0.4, 0.5) is 0 Å². The number of aryl methyl sites for hydroxylation is 2. The van der Waals surface area contributed by atoms with E-state index in [0.29, 0.717) is 36.5 Å². The van der Waals surface area contributed by atoms with E-state index in [0.717, 1.165) is 11.3 Å². The number of H-pyrrole nitrogens is 1. The van der Waals surface area contributed by atoms with Gasteiger partial charge in [-0.05, 0) is 25.5 Å². The van der Waals surface area contributed by atoms with Crippen LogP contribution in [0.25, 0.3) is 0 Å². The first-order valence-corrected chi connectivity index (χ1v) is 6.88. The molecule has 1 aliphatic heterocycles. The molecule has 2 aromatic heterocycles. The predicted octanol–water partition coefficient (Wildman–Crippen LogP) is 1.05. The topological polar surface area (TPSA) is 103 Å². The number of nitrogens with zero attached hydrogens (tertiary/aromatic N) is 3. The van der Waals surface area contributed by atoms with Crippen LogP contribution >= 0.6 is 0 Å². The summed E-state index contributed by atoms with van der Waals surface area (Å²) in [6.45, 7) is 4.28. The van der Waals surface area contributed by atoms with Gasteiger partial charge in [0.15, 0.2) is 0 Å². The van der Waals surface area contributed by atoms with Gasteiger partial charge in [0.1, 0.15) is 23.0 Å². The van der Waals surface area contributed by atoms with Gasteiger partial charge in [-0.15, -0.1) is 0 Å². The van der Waals surface area contributed by atoms with Gasteiger partial charge in [0.05, 0.1) is 5.69 Å². The third-order valence-electron chi connectivity index (χ3n) is 3.86. The summed E-state index contributed by atoms with van der Waals surface area (Å²) in [5.74, 6) is 0.346. The summed E-state index contributed by atoms with van der Waals surface area (Å²) in [4.78, 5) is 28.6. The Balaban J connectivity index is 1.93. The molecule has 7 heteroatoms. The Labute approximate surface area is 126 Å². The molecular weight excluding hydrogens is 284 g/mol. The minimum absolute atomic E-state index is 0.0605. The molecule has 0 bridgehead atoms. The number of nitriles is 1. The van der Waals surface area contributed by atoms with Gasteiger partial charge in [-0.1, -0.05) is 5.16 Å². The maximum absolute atomic E-state index is 12.6. The minimum Gasteiger partial charge on any atom is -0.361 e. The van der Waals surface area contributed by atoms with Crippen molar-refractivity contribution < 1.29 is 9.32 Å². The van der Waals surface area contributed by atoms with Gasteiger partial charge in [-0.3, -0.25) is 9.59 Å². The SMILES string of the molecule is Cc1noc(C)c1C(=O)N1CCc2[nH]c(=O)c(C#N)cc2C1. The van der Waals surface area contributed by atoms with E-state index >= 15 is 0 Å². The van der Waals surface area contributed by atoms with Crippen LogP contribution in [0.5, 0.6) is 0 Å². The third kappa shape index (κ3) is 2.19. The van der Waals surface area contributed by atoms with E-state index in [4.69, 9.17) is 9.78 Å². The lowest BCUT2D eigenvalue weighted by atomic mass is 10.0. The Bertz CT molecular complexity index is 837. The fourth-order valence-corrected chi connectivity index (χ4v) is 2.71. The molecule has 112 valence electrons. The number of hydrogen-bond donors (Lipinski definition) is 1. The first-order chi connectivity index (χ1) is 10.5. The molecule has 22 heavy (non-hydrogen) atoms. The molecular formula is C15H14N4O3. The number of carbonyl (C=O) groups is 1. The summed E-state index contributed by atoms with van der Waals surface area (Å²) in [5.41, 5.74) is 2.30. The fourth-order valence-electron chi connectivity index (χ4n) is 2.71. The highest BCUT2D eigenvalue weighted by molar-refractivity contribution is 5.96. The van der Waals surface area contributed by atoms with Crippen LogP contribution in [0.1, 0.15) is 38.6 Å². The molecule has 7 nitrogen and oxygen atoms in total. The molecule has 0 aliphatic carbocycles. The van der Waals surface area contributed by atoms with Gasteiger partial charge in [0.2, 0.25) is 0 Å². The number of aromatic nitrogens is 2. The van der Waals surface area contributed by atoms with Crippen LogP contribution in [-0.4, -0.2) is 27.5 Å². The van der Waals surface area contributed by atoms with Crippen molar-refractivity contribution in [2.75, 3.05) is 6.54 Å². The zero-order valence-electron chi connectivity index (χ0n) is 12.3. The highest BCUT2D eigenvalue weighted by Gasteiger charge is 2.27. The van der Waals surface area contributed by atoms with Crippen molar-refractivity contribution in [2.45, 2.75) is 26.8 Å². The Morgan fingerprint density at radius 2 is 2.27 bits per heavy atom. The number of fused-ring (bicyclic) bond motifs is 1. The maximum atomic E-state index is 12.6. The summed E-state index contributed by atoms with van der Waals surface area (Å²) < 4.78 is 5.04. The first-order valence-electron chi connectivity index (χ1n) is 6.88. The van der Waals surface area contributed by atoms with E-state index in [2.05, 4.69) is 10.1 Å². The maximum Gasteiger partial charge on any atom is 0.266 e. The predicted molar refractivity (Wildman–Crippen MR) is 76.2 cm³/mol. The van der Waals surface area contributed by atoms with Gasteiger partial charge in [0, 0.05) is 25.2 Å². The number of aromatic amines is 1. The molecule has 0 fully saturated rings. The fraction of sp³-hybridized carbons (Fsp3) is 0.333. The van der Waals surface area contributed by atoms with E-state index < -0.39 is 0 Å². The second-order valence-electron chi connectivity index (χ2n) is 5.30. The molecule has 2 aromatic rings. The Hall–Kier alpha value is -2.88. The van der Waals surface area contributed by atoms with Crippen molar-refractivity contribution in [3.05, 3.63) is 50.3 Å². The van der Waals surface area contributed by atoms with Crippen molar-refractivity contribution in [1.82, 2.24) is 15.0 Å². The number of rotatable bonds is 1. The van der Waals surface area contributed by atoms with E-state index in [1.165, 1.54) is 0 Å². The Kier molecular flexibility index (Phi) is 3.29. The molecule has 1 N–H and O–H groups in total. The summed E-state index contributed by atoms with van der Waals surface area (Å²) in [7, 11) is 0. The number of hydrogen-bond acceptors (Lipinski definition) is 5. The average Bonchev–Trinajstić information content (AvgIpc) is 2.84. The zero-order chi connectivity index (χ0) is 15.9. The van der Waals surface area contributed by atoms with Gasteiger partial charge in [-0.2, -0.15) is 5.26 Å². The van der Waals surface area contributed by atoms with E-state index in [1.54, 1.807) is 24.8 Å². The second-order valence-corrected chi connectivity index (χ2v) is 5.30. The highest BCUT2D eigenvalue weighted by atomic mass is 16.5. The molecule has 0 saturated carbocycles. The first kappa shape index (κ1) is 14.1. The number of nitrogens with one attached hydrogen (secondary N) is 1. The molecule has 1 aliphatic rings. The highest BCUT2D eigenvalue weighted by Crippen LogP contribution is 2.21. The van der Waals surface area contributed by atoms with E-state index in [1.807, 2.05) is 6.07 Å². The lowest BCUT2D eigenvalue weighted by molar-refractivity contribution is 0.0731. The number of amides is 1. The largest absolute Gasteiger partial charge is 0.361 e. The second kappa shape index (κ2) is 5.15. The van der Waals surface area contributed by atoms with E-state index in [-0.39, 0.29) is 17.0 Å². The smallest absolute Gasteiger partial charge is 0.266 e. The van der Waals surface area contributed by atoms with Crippen molar-refractivity contribution >= 4 is 5.91 Å². The average molecular weight is 298 g/mol. The lowest BCUT2D eigenvalue weighted by Gasteiger charge is -2.28. The van der Waals surface area contributed by atoms with Crippen LogP contribution < -0.4 is 5.56 Å². The van der Waals surface area contributed by atoms with Gasteiger partial charge >= 0.3 is 0 Å². The number of pyridine rings is 1. The molecule has 0 saturated heterocycles. The van der Waals surface area contributed by atoms with Crippen LogP contribution in [0.15, 0.2) is 15.4 Å². The lowest BCUT2D eigenvalue weighted by Crippen LogP contribution is -2.37. The zero-order valence-corrected chi connectivity index (χ0v) is 12.3. The summed E-state index contributed by atoms with van der Waals surface area (Å²) >= 11 is 0. The molecule has 3 rings (SSSR count).